The summed E-state index contributed by atoms with van der Waals surface area (Å²) in [5.41, 5.74) is 0. The number of rotatable bonds is 4. The standard InChI is InChI=1S/C12H16ClNO2S/c13-9-10-5-4-8-12(10)14-17(15,16)11-6-2-1-3-7-11/h1-3,6-7,10,12,14H,4-5,8-9H2. The fourth-order valence-electron chi connectivity index (χ4n) is 2.24. The van der Waals surface area contributed by atoms with Gasteiger partial charge in [0, 0.05) is 11.9 Å². The molecule has 3 nitrogen and oxygen atoms in total. The highest BCUT2D eigenvalue weighted by molar-refractivity contribution is 7.89. The Morgan fingerprint density at radius 3 is 2.59 bits per heavy atom. The van der Waals surface area contributed by atoms with Crippen molar-refractivity contribution in [1.29, 1.82) is 0 Å². The number of halogens is 1. The summed E-state index contributed by atoms with van der Waals surface area (Å²) in [5.74, 6) is 0.775. The molecule has 1 fully saturated rings. The molecule has 1 aliphatic rings. The largest absolute Gasteiger partial charge is 0.240 e. The summed E-state index contributed by atoms with van der Waals surface area (Å²) < 4.78 is 27.0. The zero-order chi connectivity index (χ0) is 12.3. The lowest BCUT2D eigenvalue weighted by atomic mass is 10.1. The van der Waals surface area contributed by atoms with Crippen molar-refractivity contribution in [1.82, 2.24) is 4.72 Å². The molecular formula is C12H16ClNO2S. The molecule has 0 aromatic heterocycles. The summed E-state index contributed by atoms with van der Waals surface area (Å²) in [6, 6.07) is 8.44. The van der Waals surface area contributed by atoms with Gasteiger partial charge in [0.2, 0.25) is 10.0 Å². The average molecular weight is 274 g/mol. The first-order valence-corrected chi connectivity index (χ1v) is 7.78. The van der Waals surface area contributed by atoms with E-state index in [1.165, 1.54) is 0 Å². The van der Waals surface area contributed by atoms with Crippen LogP contribution in [-0.4, -0.2) is 20.3 Å². The molecule has 17 heavy (non-hydrogen) atoms. The second-order valence-corrected chi connectivity index (χ2v) is 6.41. The topological polar surface area (TPSA) is 46.2 Å². The van der Waals surface area contributed by atoms with E-state index in [1.54, 1.807) is 30.3 Å². The van der Waals surface area contributed by atoms with Crippen LogP contribution in [0.4, 0.5) is 0 Å². The molecular weight excluding hydrogens is 258 g/mol. The summed E-state index contributed by atoms with van der Waals surface area (Å²) in [7, 11) is -3.40. The lowest BCUT2D eigenvalue weighted by Gasteiger charge is -2.18. The Bertz CT molecular complexity index is 461. The first-order valence-electron chi connectivity index (χ1n) is 5.77. The molecule has 0 spiro atoms. The van der Waals surface area contributed by atoms with Crippen molar-refractivity contribution in [3.8, 4) is 0 Å². The minimum absolute atomic E-state index is 0.0160. The van der Waals surface area contributed by atoms with Crippen molar-refractivity contribution in [2.45, 2.75) is 30.2 Å². The van der Waals surface area contributed by atoms with Gasteiger partial charge in [-0.05, 0) is 30.9 Å². The molecule has 1 aromatic carbocycles. The minimum Gasteiger partial charge on any atom is -0.208 e. The minimum atomic E-state index is -3.40. The van der Waals surface area contributed by atoms with E-state index in [1.807, 2.05) is 0 Å². The molecule has 1 aromatic rings. The zero-order valence-corrected chi connectivity index (χ0v) is 11.0. The van der Waals surface area contributed by atoms with Crippen LogP contribution in [0.5, 0.6) is 0 Å². The van der Waals surface area contributed by atoms with Gasteiger partial charge in [-0.2, -0.15) is 0 Å². The summed E-state index contributed by atoms with van der Waals surface area (Å²) in [4.78, 5) is 0.320. The molecule has 0 saturated heterocycles. The highest BCUT2D eigenvalue weighted by Gasteiger charge is 2.30. The maximum atomic E-state index is 12.1. The van der Waals surface area contributed by atoms with E-state index >= 15 is 0 Å². The average Bonchev–Trinajstić information content (AvgIpc) is 2.77. The molecule has 1 N–H and O–H groups in total. The van der Waals surface area contributed by atoms with Crippen LogP contribution >= 0.6 is 11.6 Å². The number of nitrogens with one attached hydrogen (secondary N) is 1. The predicted octanol–water partition coefficient (Wildman–Crippen LogP) is 2.37. The Balaban J connectivity index is 2.13. The molecule has 0 aliphatic heterocycles. The van der Waals surface area contributed by atoms with E-state index in [0.717, 1.165) is 19.3 Å². The van der Waals surface area contributed by atoms with Crippen LogP contribution < -0.4 is 4.72 Å². The molecule has 0 heterocycles. The van der Waals surface area contributed by atoms with E-state index in [9.17, 15) is 8.42 Å². The smallest absolute Gasteiger partial charge is 0.208 e. The van der Waals surface area contributed by atoms with Gasteiger partial charge < -0.3 is 0 Å². The molecule has 2 rings (SSSR count). The van der Waals surface area contributed by atoms with Gasteiger partial charge in [0.05, 0.1) is 4.90 Å². The van der Waals surface area contributed by atoms with Crippen molar-refractivity contribution < 1.29 is 8.42 Å². The van der Waals surface area contributed by atoms with Crippen molar-refractivity contribution in [3.05, 3.63) is 30.3 Å². The van der Waals surface area contributed by atoms with Crippen LogP contribution in [0.1, 0.15) is 19.3 Å². The SMILES string of the molecule is O=S(=O)(NC1CCCC1CCl)c1ccccc1. The van der Waals surface area contributed by atoms with Gasteiger partial charge in [-0.15, -0.1) is 11.6 Å². The van der Waals surface area contributed by atoms with Crippen LogP contribution in [0.3, 0.4) is 0 Å². The molecule has 2 atom stereocenters. The fourth-order valence-corrected chi connectivity index (χ4v) is 3.97. The van der Waals surface area contributed by atoms with Gasteiger partial charge in [0.15, 0.2) is 0 Å². The first kappa shape index (κ1) is 12.9. The van der Waals surface area contributed by atoms with Crippen molar-refractivity contribution in [3.63, 3.8) is 0 Å². The van der Waals surface area contributed by atoms with Crippen LogP contribution in [0.25, 0.3) is 0 Å². The summed E-state index contributed by atoms with van der Waals surface area (Å²) in [5, 5.41) is 0. The second-order valence-electron chi connectivity index (χ2n) is 4.39. The highest BCUT2D eigenvalue weighted by Crippen LogP contribution is 2.27. The summed E-state index contributed by atoms with van der Waals surface area (Å²) in [6.45, 7) is 0. The van der Waals surface area contributed by atoms with Gasteiger partial charge in [0.1, 0.15) is 0 Å². The van der Waals surface area contributed by atoms with Crippen molar-refractivity contribution >= 4 is 21.6 Å². The van der Waals surface area contributed by atoms with E-state index in [4.69, 9.17) is 11.6 Å². The van der Waals surface area contributed by atoms with E-state index in [-0.39, 0.29) is 12.0 Å². The third-order valence-corrected chi connectivity index (χ3v) is 5.12. The van der Waals surface area contributed by atoms with Gasteiger partial charge >= 0.3 is 0 Å². The van der Waals surface area contributed by atoms with E-state index in [0.29, 0.717) is 10.8 Å². The lowest BCUT2D eigenvalue weighted by Crippen LogP contribution is -2.37. The normalized spacial score (nSPS) is 25.0. The maximum Gasteiger partial charge on any atom is 0.240 e. The van der Waals surface area contributed by atoms with Gasteiger partial charge in [0.25, 0.3) is 0 Å². The number of benzene rings is 1. The molecule has 0 bridgehead atoms. The van der Waals surface area contributed by atoms with Crippen LogP contribution in [-0.2, 0) is 10.0 Å². The molecule has 0 radical (unpaired) electrons. The Labute approximate surface area is 107 Å². The number of sulfonamides is 1. The summed E-state index contributed by atoms with van der Waals surface area (Å²) >= 11 is 5.84. The maximum absolute atomic E-state index is 12.1. The Hall–Kier alpha value is -0.580. The van der Waals surface area contributed by atoms with Crippen LogP contribution in [0, 0.1) is 5.92 Å². The van der Waals surface area contributed by atoms with Crippen LogP contribution in [0.2, 0.25) is 0 Å². The number of hydrogen-bond donors (Lipinski definition) is 1. The Morgan fingerprint density at radius 2 is 1.94 bits per heavy atom. The van der Waals surface area contributed by atoms with Gasteiger partial charge in [-0.1, -0.05) is 24.6 Å². The van der Waals surface area contributed by atoms with Gasteiger partial charge in [-0.3, -0.25) is 0 Å². The Kier molecular flexibility index (Phi) is 4.07. The van der Waals surface area contributed by atoms with Gasteiger partial charge in [-0.25, -0.2) is 13.1 Å². The fraction of sp³-hybridized carbons (Fsp3) is 0.500. The number of alkyl halides is 1. The first-order chi connectivity index (χ1) is 8.13. The Morgan fingerprint density at radius 1 is 1.24 bits per heavy atom. The molecule has 5 heteroatoms. The van der Waals surface area contributed by atoms with Crippen molar-refractivity contribution in [2.24, 2.45) is 5.92 Å². The molecule has 1 saturated carbocycles. The molecule has 94 valence electrons. The summed E-state index contributed by atoms with van der Waals surface area (Å²) in [6.07, 6.45) is 2.92. The number of hydrogen-bond acceptors (Lipinski definition) is 2. The predicted molar refractivity (Wildman–Crippen MR) is 68.6 cm³/mol. The monoisotopic (exact) mass is 273 g/mol. The van der Waals surface area contributed by atoms with Crippen molar-refractivity contribution in [2.75, 3.05) is 5.88 Å². The lowest BCUT2D eigenvalue weighted by molar-refractivity contribution is 0.480. The van der Waals surface area contributed by atoms with Crippen LogP contribution in [0.15, 0.2) is 35.2 Å². The highest BCUT2D eigenvalue weighted by atomic mass is 35.5. The molecule has 2 unspecified atom stereocenters. The quantitative estimate of drug-likeness (QED) is 0.856. The molecule has 1 aliphatic carbocycles. The van der Waals surface area contributed by atoms with E-state index < -0.39 is 10.0 Å². The zero-order valence-electron chi connectivity index (χ0n) is 9.47. The molecule has 0 amide bonds. The third kappa shape index (κ3) is 3.00. The van der Waals surface area contributed by atoms with E-state index in [2.05, 4.69) is 4.72 Å². The second kappa shape index (κ2) is 5.38. The third-order valence-electron chi connectivity index (χ3n) is 3.22.